The number of ether oxygens (including phenoxy) is 1. The van der Waals surface area contributed by atoms with Gasteiger partial charge in [0.2, 0.25) is 10.0 Å². The highest BCUT2D eigenvalue weighted by molar-refractivity contribution is 7.89. The second-order valence-corrected chi connectivity index (χ2v) is 12.5. The van der Waals surface area contributed by atoms with Crippen LogP contribution in [-0.4, -0.2) is 67.7 Å². The number of hydrogen-bond acceptors (Lipinski definition) is 8. The van der Waals surface area contributed by atoms with Gasteiger partial charge in [0.15, 0.2) is 11.3 Å². The summed E-state index contributed by atoms with van der Waals surface area (Å²) < 4.78 is 35.4. The predicted octanol–water partition coefficient (Wildman–Crippen LogP) is 2.64. The zero-order valence-corrected chi connectivity index (χ0v) is 24.3. The van der Waals surface area contributed by atoms with Crippen LogP contribution in [0.4, 0.5) is 0 Å². The smallest absolute Gasteiger partial charge is 0.335 e. The Bertz CT molecular complexity index is 1510. The minimum Gasteiger partial charge on any atom is -0.464 e. The average Bonchev–Trinajstić information content (AvgIpc) is 2.92. The summed E-state index contributed by atoms with van der Waals surface area (Å²) in [7, 11) is -2.43. The van der Waals surface area contributed by atoms with Gasteiger partial charge in [0.05, 0.1) is 29.2 Å². The molecule has 2 aromatic rings. The molecule has 2 atom stereocenters. The number of carbonyl (C=O) groups is 2. The van der Waals surface area contributed by atoms with Crippen LogP contribution in [0.15, 0.2) is 52.9 Å². The molecule has 0 spiro atoms. The van der Waals surface area contributed by atoms with Crippen molar-refractivity contribution in [3.05, 3.63) is 75.9 Å². The summed E-state index contributed by atoms with van der Waals surface area (Å²) in [6, 6.07) is 10.9. The van der Waals surface area contributed by atoms with E-state index in [2.05, 4.69) is 11.0 Å². The highest BCUT2D eigenvalue weighted by Gasteiger charge is 2.59. The number of nitrogens with zero attached hydrogens (tertiary/aromatic N) is 3. The second kappa shape index (κ2) is 11.6. The molecule has 1 unspecified atom stereocenters. The number of ketones is 1. The maximum atomic E-state index is 14.5. The quantitative estimate of drug-likeness (QED) is 0.294. The van der Waals surface area contributed by atoms with Crippen LogP contribution in [0.1, 0.15) is 48.1 Å². The molecule has 0 amide bonds. The van der Waals surface area contributed by atoms with Crippen molar-refractivity contribution in [1.29, 1.82) is 5.26 Å². The van der Waals surface area contributed by atoms with Crippen LogP contribution in [0.3, 0.4) is 0 Å². The molecular formula is C30H36N4O5S. The summed E-state index contributed by atoms with van der Waals surface area (Å²) in [5, 5.41) is 9.27. The number of nitriles is 1. The molecule has 0 saturated carbocycles. The van der Waals surface area contributed by atoms with Gasteiger partial charge in [-0.25, -0.2) is 13.2 Å². The lowest BCUT2D eigenvalue weighted by Gasteiger charge is -2.43. The fraction of sp³-hybridized carbons (Fsp3) is 0.433. The number of fused-ring (bicyclic) bond motifs is 1. The van der Waals surface area contributed by atoms with Crippen molar-refractivity contribution in [3.8, 4) is 6.07 Å². The summed E-state index contributed by atoms with van der Waals surface area (Å²) in [5.74, 6) is -1.67. The van der Waals surface area contributed by atoms with Crippen molar-refractivity contribution in [2.24, 2.45) is 5.73 Å². The van der Waals surface area contributed by atoms with Gasteiger partial charge < -0.3 is 15.4 Å². The summed E-state index contributed by atoms with van der Waals surface area (Å²) in [6.07, 6.45) is 2.28. The minimum absolute atomic E-state index is 0.0247. The van der Waals surface area contributed by atoms with Crippen LogP contribution < -0.4 is 5.73 Å². The fourth-order valence-corrected chi connectivity index (χ4v) is 7.63. The van der Waals surface area contributed by atoms with Crippen LogP contribution in [-0.2, 0) is 43.7 Å². The molecule has 2 heterocycles. The Labute approximate surface area is 236 Å². The lowest BCUT2D eigenvalue weighted by molar-refractivity contribution is -0.160. The topological polar surface area (TPSA) is 134 Å². The lowest BCUT2D eigenvalue weighted by Crippen LogP contribution is -2.67. The van der Waals surface area contributed by atoms with E-state index in [1.54, 1.807) is 56.3 Å². The van der Waals surface area contributed by atoms with Gasteiger partial charge in [0.1, 0.15) is 0 Å². The Hall–Kier alpha value is -3.36. The molecule has 40 heavy (non-hydrogen) atoms. The summed E-state index contributed by atoms with van der Waals surface area (Å²) in [6.45, 7) is 6.36. The average molecular weight is 565 g/mol. The molecule has 0 bridgehead atoms. The summed E-state index contributed by atoms with van der Waals surface area (Å²) >= 11 is 0. The Balaban J connectivity index is 1.85. The Morgan fingerprint density at radius 1 is 1.20 bits per heavy atom. The number of aryl methyl sites for hydroxylation is 1. The van der Waals surface area contributed by atoms with E-state index in [9.17, 15) is 23.3 Å². The number of benzene rings is 2. The number of hydrogen-bond donors (Lipinski definition) is 1. The van der Waals surface area contributed by atoms with Crippen molar-refractivity contribution in [2.45, 2.75) is 63.1 Å². The molecule has 212 valence electrons. The van der Waals surface area contributed by atoms with Gasteiger partial charge in [-0.05, 0) is 81.1 Å². The van der Waals surface area contributed by atoms with E-state index in [0.717, 1.165) is 22.0 Å². The van der Waals surface area contributed by atoms with Gasteiger partial charge >= 0.3 is 5.97 Å². The maximum absolute atomic E-state index is 14.5. The van der Waals surface area contributed by atoms with Crippen LogP contribution in [0.5, 0.6) is 0 Å². The molecule has 0 radical (unpaired) electrons. The Morgan fingerprint density at radius 2 is 1.95 bits per heavy atom. The van der Waals surface area contributed by atoms with Crippen molar-refractivity contribution >= 4 is 21.8 Å². The first kappa shape index (κ1) is 29.6. The zero-order chi connectivity index (χ0) is 29.2. The number of esters is 1. The third kappa shape index (κ3) is 5.34. The van der Waals surface area contributed by atoms with E-state index in [1.807, 2.05) is 14.0 Å². The molecule has 0 aromatic heterocycles. The zero-order valence-electron chi connectivity index (χ0n) is 23.4. The van der Waals surface area contributed by atoms with E-state index < -0.39 is 33.4 Å². The number of likely N-dealkylation sites (N-methyl/N-ethyl adjacent to an activating group) is 1. The molecule has 2 N–H and O–H groups in total. The second-order valence-electron chi connectivity index (χ2n) is 10.7. The van der Waals surface area contributed by atoms with Gasteiger partial charge in [-0.1, -0.05) is 29.8 Å². The summed E-state index contributed by atoms with van der Waals surface area (Å²) in [5.41, 5.74) is 8.67. The van der Waals surface area contributed by atoms with Gasteiger partial charge in [0.25, 0.3) is 0 Å². The third-order valence-corrected chi connectivity index (χ3v) is 9.78. The molecule has 4 rings (SSSR count). The molecule has 0 saturated heterocycles. The fourth-order valence-electron chi connectivity index (χ4n) is 5.74. The third-order valence-electron chi connectivity index (χ3n) is 7.80. The minimum atomic E-state index is -4.36. The van der Waals surface area contributed by atoms with Crippen LogP contribution >= 0.6 is 0 Å². The van der Waals surface area contributed by atoms with E-state index in [1.165, 1.54) is 0 Å². The first-order valence-electron chi connectivity index (χ1n) is 13.4. The van der Waals surface area contributed by atoms with E-state index >= 15 is 0 Å². The Kier molecular flexibility index (Phi) is 8.61. The highest BCUT2D eigenvalue weighted by atomic mass is 32.2. The number of sulfonamides is 1. The highest BCUT2D eigenvalue weighted by Crippen LogP contribution is 2.39. The van der Waals surface area contributed by atoms with Crippen LogP contribution in [0.25, 0.3) is 0 Å². The van der Waals surface area contributed by atoms with Crippen molar-refractivity contribution in [3.63, 3.8) is 0 Å². The first-order valence-corrected chi connectivity index (χ1v) is 14.8. The Morgan fingerprint density at radius 3 is 2.65 bits per heavy atom. The summed E-state index contributed by atoms with van der Waals surface area (Å²) in [4.78, 5) is 30.2. The normalized spacial score (nSPS) is 20.6. The van der Waals surface area contributed by atoms with Crippen molar-refractivity contribution in [2.75, 3.05) is 26.7 Å². The van der Waals surface area contributed by atoms with Crippen LogP contribution in [0, 0.1) is 18.3 Å². The van der Waals surface area contributed by atoms with Crippen molar-refractivity contribution in [1.82, 2.24) is 9.21 Å². The predicted molar refractivity (Wildman–Crippen MR) is 151 cm³/mol. The van der Waals surface area contributed by atoms with Gasteiger partial charge in [-0.2, -0.15) is 9.57 Å². The molecule has 2 aromatic carbocycles. The molecule has 9 nitrogen and oxygen atoms in total. The van der Waals surface area contributed by atoms with E-state index in [0.29, 0.717) is 35.2 Å². The standard InChI is InChI=1S/C30H36N4O5S/c1-5-39-29(36)30(28(35)26(32)16-22-7-6-8-23(15-22)18-31)17-20(2)11-14-34(30)40(37,38)27-10-9-21(3)24-12-13-33(4)19-25(24)27/h6-11,15,26H,5,12-14,16-17,19,32H2,1-4H3/t26?,30-/m1/s1. The number of carbonyl (C=O) groups excluding carboxylic acids is 2. The van der Waals surface area contributed by atoms with Crippen LogP contribution in [0.2, 0.25) is 0 Å². The monoisotopic (exact) mass is 564 g/mol. The molecule has 2 aliphatic heterocycles. The molecular weight excluding hydrogens is 528 g/mol. The molecule has 0 aliphatic carbocycles. The van der Waals surface area contributed by atoms with Gasteiger partial charge in [0, 0.05) is 26.1 Å². The van der Waals surface area contributed by atoms with Gasteiger partial charge in [-0.3, -0.25) is 4.79 Å². The molecule has 0 fully saturated rings. The molecule has 10 heteroatoms. The van der Waals surface area contributed by atoms with E-state index in [4.69, 9.17) is 10.5 Å². The number of Topliss-reactive ketones (excluding diaryl/α,β-unsaturated/α-hetero) is 1. The largest absolute Gasteiger partial charge is 0.464 e. The van der Waals surface area contributed by atoms with Gasteiger partial charge in [-0.15, -0.1) is 0 Å². The number of nitrogens with two attached hydrogens (primary N) is 1. The lowest BCUT2D eigenvalue weighted by atomic mass is 9.80. The molecule has 2 aliphatic rings. The maximum Gasteiger partial charge on any atom is 0.335 e. The number of rotatable bonds is 8. The van der Waals surface area contributed by atoms with E-state index in [-0.39, 0.29) is 30.9 Å². The SMILES string of the molecule is CCOC(=O)[C@]1(C(=O)C(N)Cc2cccc(C#N)c2)CC(C)=CCN1S(=O)(=O)c1ccc(C)c2c1CN(C)CC2. The van der Waals surface area contributed by atoms with Crippen molar-refractivity contribution < 1.29 is 22.7 Å². The first-order chi connectivity index (χ1) is 18.9.